The van der Waals surface area contributed by atoms with Crippen LogP contribution >= 0.6 is 0 Å². The molecule has 5 heteroatoms. The van der Waals surface area contributed by atoms with Crippen LogP contribution in [0, 0.1) is 0 Å². The molecule has 1 heterocycles. The predicted octanol–water partition coefficient (Wildman–Crippen LogP) is 0.107. The average molecular weight is 166 g/mol. The number of nitrogen functional groups attached to an aromatic ring is 2. The molecule has 0 radical (unpaired) electrons. The van der Waals surface area contributed by atoms with Crippen LogP contribution in [0.4, 0.5) is 11.6 Å². The minimum Gasteiger partial charge on any atom is -0.411 e. The first kappa shape index (κ1) is 8.35. The van der Waals surface area contributed by atoms with Crippen LogP contribution in [-0.4, -0.2) is 4.98 Å². The first-order valence-corrected chi connectivity index (χ1v) is 3.23. The number of hydrogen-bond acceptors (Lipinski definition) is 5. The monoisotopic (exact) mass is 166 g/mol. The Labute approximate surface area is 69.8 Å². The van der Waals surface area contributed by atoms with Crippen molar-refractivity contribution in [2.24, 2.45) is 5.90 Å². The molecule has 0 saturated carbocycles. The zero-order valence-electron chi connectivity index (χ0n) is 6.45. The highest BCUT2D eigenvalue weighted by Gasteiger charge is 2.04. The first-order chi connectivity index (χ1) is 5.65. The Balaban J connectivity index is 3.09. The normalized spacial score (nSPS) is 9.42. The molecule has 0 aliphatic carbocycles. The van der Waals surface area contributed by atoms with Crippen molar-refractivity contribution in [2.45, 2.75) is 0 Å². The highest BCUT2D eigenvalue weighted by Crippen LogP contribution is 2.18. The van der Waals surface area contributed by atoms with E-state index in [1.54, 1.807) is 12.1 Å². The Morgan fingerprint density at radius 3 is 2.58 bits per heavy atom. The fourth-order valence-electron chi connectivity index (χ4n) is 0.790. The molecule has 0 fully saturated rings. The van der Waals surface area contributed by atoms with E-state index >= 15 is 0 Å². The van der Waals surface area contributed by atoms with Crippen LogP contribution in [0.5, 0.6) is 0 Å². The van der Waals surface area contributed by atoms with E-state index in [1.807, 2.05) is 0 Å². The second kappa shape index (κ2) is 3.10. The zero-order valence-corrected chi connectivity index (χ0v) is 6.45. The van der Waals surface area contributed by atoms with Crippen LogP contribution in [0.3, 0.4) is 0 Å². The van der Waals surface area contributed by atoms with Crippen LogP contribution in [0.2, 0.25) is 0 Å². The summed E-state index contributed by atoms with van der Waals surface area (Å²) in [6.07, 6.45) is 0. The highest BCUT2D eigenvalue weighted by atomic mass is 16.6. The standard InChI is InChI=1S/C7H10N4O/c1-4(12-10)5-2-3-6(8)11-7(5)9/h2-3H,1,10H2,(H4,8,9,11). The molecule has 1 aromatic heterocycles. The van der Waals surface area contributed by atoms with Crippen molar-refractivity contribution in [3.05, 3.63) is 24.3 Å². The third kappa shape index (κ3) is 1.46. The zero-order chi connectivity index (χ0) is 9.14. The van der Waals surface area contributed by atoms with Crippen LogP contribution in [0.15, 0.2) is 18.7 Å². The van der Waals surface area contributed by atoms with Gasteiger partial charge in [-0.05, 0) is 12.1 Å². The minimum atomic E-state index is 0.255. The average Bonchev–Trinajstić information content (AvgIpc) is 2.03. The van der Waals surface area contributed by atoms with Gasteiger partial charge in [0.2, 0.25) is 0 Å². The van der Waals surface area contributed by atoms with Crippen molar-refractivity contribution in [2.75, 3.05) is 11.5 Å². The molecule has 0 aliphatic rings. The number of anilines is 2. The third-order valence-electron chi connectivity index (χ3n) is 1.39. The molecule has 0 spiro atoms. The Hall–Kier alpha value is -1.75. The van der Waals surface area contributed by atoms with Gasteiger partial charge in [-0.15, -0.1) is 0 Å². The predicted molar refractivity (Wildman–Crippen MR) is 47.4 cm³/mol. The van der Waals surface area contributed by atoms with Crippen molar-refractivity contribution in [3.63, 3.8) is 0 Å². The Bertz CT molecular complexity index is 310. The van der Waals surface area contributed by atoms with Crippen LogP contribution in [-0.2, 0) is 4.84 Å². The van der Waals surface area contributed by atoms with Gasteiger partial charge in [0.1, 0.15) is 11.6 Å². The molecule has 0 amide bonds. The van der Waals surface area contributed by atoms with E-state index in [0.717, 1.165) is 0 Å². The molecule has 64 valence electrons. The number of nitrogens with zero attached hydrogens (tertiary/aromatic N) is 1. The van der Waals surface area contributed by atoms with E-state index in [2.05, 4.69) is 16.4 Å². The molecule has 1 rings (SSSR count). The maximum Gasteiger partial charge on any atom is 0.150 e. The Morgan fingerprint density at radius 1 is 1.42 bits per heavy atom. The van der Waals surface area contributed by atoms with Gasteiger partial charge in [0.25, 0.3) is 0 Å². The molecule has 12 heavy (non-hydrogen) atoms. The summed E-state index contributed by atoms with van der Waals surface area (Å²) in [5.41, 5.74) is 11.4. The largest absolute Gasteiger partial charge is 0.411 e. The minimum absolute atomic E-state index is 0.255. The number of hydrogen-bond donors (Lipinski definition) is 3. The smallest absolute Gasteiger partial charge is 0.150 e. The lowest BCUT2D eigenvalue weighted by molar-refractivity contribution is 0.292. The number of pyridine rings is 1. The summed E-state index contributed by atoms with van der Waals surface area (Å²) < 4.78 is 0. The summed E-state index contributed by atoms with van der Waals surface area (Å²) in [7, 11) is 0. The molecule has 5 nitrogen and oxygen atoms in total. The van der Waals surface area contributed by atoms with Crippen molar-refractivity contribution in [1.29, 1.82) is 0 Å². The maximum absolute atomic E-state index is 5.51. The number of rotatable bonds is 2. The third-order valence-corrected chi connectivity index (χ3v) is 1.39. The summed E-state index contributed by atoms with van der Waals surface area (Å²) in [6, 6.07) is 3.24. The van der Waals surface area contributed by atoms with E-state index < -0.39 is 0 Å². The fourth-order valence-corrected chi connectivity index (χ4v) is 0.790. The second-order valence-corrected chi connectivity index (χ2v) is 2.21. The Kier molecular flexibility index (Phi) is 2.16. The highest BCUT2D eigenvalue weighted by molar-refractivity contribution is 5.68. The van der Waals surface area contributed by atoms with Crippen molar-refractivity contribution in [1.82, 2.24) is 4.98 Å². The van der Waals surface area contributed by atoms with Gasteiger partial charge >= 0.3 is 0 Å². The SMILES string of the molecule is C=C(ON)c1ccc(N)nc1N. The molecular weight excluding hydrogens is 156 g/mol. The van der Waals surface area contributed by atoms with E-state index in [9.17, 15) is 0 Å². The molecule has 0 aliphatic heterocycles. The maximum atomic E-state index is 5.51. The molecular formula is C7H10N4O. The molecule has 0 atom stereocenters. The first-order valence-electron chi connectivity index (χ1n) is 3.23. The van der Waals surface area contributed by atoms with Gasteiger partial charge < -0.3 is 16.3 Å². The van der Waals surface area contributed by atoms with Crippen molar-refractivity contribution in [3.8, 4) is 0 Å². The molecule has 0 bridgehead atoms. The van der Waals surface area contributed by atoms with Gasteiger partial charge in [-0.2, -0.15) is 5.90 Å². The summed E-state index contributed by atoms with van der Waals surface area (Å²) in [4.78, 5) is 8.20. The quantitative estimate of drug-likeness (QED) is 0.427. The van der Waals surface area contributed by atoms with Gasteiger partial charge in [-0.3, -0.25) is 0 Å². The molecule has 6 N–H and O–H groups in total. The van der Waals surface area contributed by atoms with Gasteiger partial charge in [-0.25, -0.2) is 4.98 Å². The van der Waals surface area contributed by atoms with Gasteiger partial charge in [-0.1, -0.05) is 6.58 Å². The van der Waals surface area contributed by atoms with E-state index in [-0.39, 0.29) is 11.6 Å². The lowest BCUT2D eigenvalue weighted by atomic mass is 10.2. The summed E-state index contributed by atoms with van der Waals surface area (Å²) in [5.74, 6) is 5.76. The van der Waals surface area contributed by atoms with Gasteiger partial charge in [0.05, 0.1) is 5.56 Å². The molecule has 0 unspecified atom stereocenters. The molecule has 1 aromatic rings. The van der Waals surface area contributed by atoms with E-state index in [1.165, 1.54) is 0 Å². The molecule has 0 saturated heterocycles. The van der Waals surface area contributed by atoms with Crippen molar-refractivity contribution >= 4 is 17.4 Å². The number of nitrogens with two attached hydrogens (primary N) is 3. The van der Waals surface area contributed by atoms with Crippen molar-refractivity contribution < 1.29 is 4.84 Å². The van der Waals surface area contributed by atoms with Gasteiger partial charge in [0, 0.05) is 0 Å². The topological polar surface area (TPSA) is 100 Å². The molecule has 0 aromatic carbocycles. The van der Waals surface area contributed by atoms with Crippen LogP contribution < -0.4 is 17.4 Å². The second-order valence-electron chi connectivity index (χ2n) is 2.21. The fraction of sp³-hybridized carbons (Fsp3) is 0. The Morgan fingerprint density at radius 2 is 2.08 bits per heavy atom. The lowest BCUT2D eigenvalue weighted by Gasteiger charge is -2.05. The number of aromatic nitrogens is 1. The summed E-state index contributed by atoms with van der Waals surface area (Å²) in [6.45, 7) is 3.53. The summed E-state index contributed by atoms with van der Waals surface area (Å²) in [5, 5.41) is 0. The summed E-state index contributed by atoms with van der Waals surface area (Å²) >= 11 is 0. The van der Waals surface area contributed by atoms with Crippen LogP contribution in [0.1, 0.15) is 5.56 Å². The van der Waals surface area contributed by atoms with E-state index in [0.29, 0.717) is 11.4 Å². The van der Waals surface area contributed by atoms with Gasteiger partial charge in [0.15, 0.2) is 5.76 Å². The van der Waals surface area contributed by atoms with Crippen LogP contribution in [0.25, 0.3) is 5.76 Å². The van der Waals surface area contributed by atoms with E-state index in [4.69, 9.17) is 17.4 Å². The lowest BCUT2D eigenvalue weighted by Crippen LogP contribution is -2.03.